The first-order valence-electron chi connectivity index (χ1n) is 7.17. The number of likely N-dealkylation sites (N-methyl/N-ethyl adjacent to an activating group) is 1. The zero-order valence-electron chi connectivity index (χ0n) is 11.2. The van der Waals surface area contributed by atoms with Crippen molar-refractivity contribution in [3.8, 4) is 0 Å². The minimum Gasteiger partial charge on any atom is -0.316 e. The number of hydrogen-bond acceptors (Lipinski definition) is 2. The second kappa shape index (κ2) is 5.50. The molecular formula is C14H28N2. The van der Waals surface area contributed by atoms with E-state index in [9.17, 15) is 0 Å². The van der Waals surface area contributed by atoms with Crippen molar-refractivity contribution in [2.24, 2.45) is 5.92 Å². The van der Waals surface area contributed by atoms with Gasteiger partial charge in [0.25, 0.3) is 0 Å². The Bertz CT molecular complexity index is 215. The van der Waals surface area contributed by atoms with E-state index in [1.54, 1.807) is 0 Å². The molecule has 1 saturated carbocycles. The third kappa shape index (κ3) is 2.43. The Morgan fingerprint density at radius 1 is 1.06 bits per heavy atom. The van der Waals surface area contributed by atoms with Crippen LogP contribution < -0.4 is 5.32 Å². The van der Waals surface area contributed by atoms with E-state index in [1.807, 2.05) is 0 Å². The van der Waals surface area contributed by atoms with Crippen molar-refractivity contribution in [2.75, 3.05) is 13.6 Å². The van der Waals surface area contributed by atoms with E-state index in [2.05, 4.69) is 31.1 Å². The lowest BCUT2D eigenvalue weighted by Crippen LogP contribution is -2.55. The fourth-order valence-electron chi connectivity index (χ4n) is 3.70. The number of nitrogens with one attached hydrogen (secondary N) is 1. The molecule has 0 spiro atoms. The van der Waals surface area contributed by atoms with Gasteiger partial charge >= 0.3 is 0 Å². The van der Waals surface area contributed by atoms with Crippen molar-refractivity contribution in [2.45, 2.75) is 70.5 Å². The minimum atomic E-state index is 0.612. The summed E-state index contributed by atoms with van der Waals surface area (Å²) in [5.41, 5.74) is 0. The van der Waals surface area contributed by atoms with Crippen LogP contribution in [0.5, 0.6) is 0 Å². The van der Waals surface area contributed by atoms with E-state index >= 15 is 0 Å². The van der Waals surface area contributed by atoms with Crippen molar-refractivity contribution in [3.05, 3.63) is 0 Å². The highest BCUT2D eigenvalue weighted by Gasteiger charge is 2.36. The molecule has 2 rings (SSSR count). The quantitative estimate of drug-likeness (QED) is 0.793. The van der Waals surface area contributed by atoms with Crippen LogP contribution >= 0.6 is 0 Å². The molecule has 4 atom stereocenters. The first kappa shape index (κ1) is 12.4. The maximum atomic E-state index is 3.42. The molecular weight excluding hydrogens is 196 g/mol. The van der Waals surface area contributed by atoms with Gasteiger partial charge in [0.1, 0.15) is 0 Å². The van der Waals surface area contributed by atoms with E-state index in [4.69, 9.17) is 0 Å². The number of fused-ring (bicyclic) bond motifs is 1. The van der Waals surface area contributed by atoms with Gasteiger partial charge in [-0.1, -0.05) is 12.8 Å². The average molecular weight is 224 g/mol. The molecule has 1 N–H and O–H groups in total. The molecule has 0 aromatic heterocycles. The van der Waals surface area contributed by atoms with Crippen LogP contribution in [0.25, 0.3) is 0 Å². The fraction of sp³-hybridized carbons (Fsp3) is 1.00. The molecule has 2 nitrogen and oxygen atoms in total. The van der Waals surface area contributed by atoms with Crippen molar-refractivity contribution < 1.29 is 0 Å². The summed E-state index contributed by atoms with van der Waals surface area (Å²) >= 11 is 0. The molecule has 1 saturated heterocycles. The lowest BCUT2D eigenvalue weighted by Gasteiger charge is -2.48. The molecule has 0 aromatic rings. The van der Waals surface area contributed by atoms with Crippen LogP contribution in [0.15, 0.2) is 0 Å². The molecule has 16 heavy (non-hydrogen) atoms. The highest BCUT2D eigenvalue weighted by molar-refractivity contribution is 4.91. The molecule has 0 amide bonds. The van der Waals surface area contributed by atoms with Gasteiger partial charge in [-0.2, -0.15) is 0 Å². The van der Waals surface area contributed by atoms with E-state index in [0.29, 0.717) is 12.1 Å². The zero-order valence-corrected chi connectivity index (χ0v) is 11.2. The Labute approximate surface area is 101 Å². The summed E-state index contributed by atoms with van der Waals surface area (Å²) < 4.78 is 0. The van der Waals surface area contributed by atoms with Crippen LogP contribution in [-0.4, -0.2) is 36.6 Å². The average Bonchev–Trinajstić information content (AvgIpc) is 2.36. The predicted octanol–water partition coefficient (Wildman–Crippen LogP) is 2.64. The summed E-state index contributed by atoms with van der Waals surface area (Å²) in [6, 6.07) is 2.20. The molecule has 1 heterocycles. The summed E-state index contributed by atoms with van der Waals surface area (Å²) in [7, 11) is 2.09. The summed E-state index contributed by atoms with van der Waals surface area (Å²) in [6.45, 7) is 6.05. The fourth-order valence-corrected chi connectivity index (χ4v) is 3.70. The van der Waals surface area contributed by atoms with Crippen molar-refractivity contribution >= 4 is 0 Å². The zero-order chi connectivity index (χ0) is 11.5. The van der Waals surface area contributed by atoms with Gasteiger partial charge in [0.2, 0.25) is 0 Å². The Balaban J connectivity index is 2.01. The number of rotatable bonds is 3. The van der Waals surface area contributed by atoms with Gasteiger partial charge in [0, 0.05) is 18.1 Å². The molecule has 94 valence electrons. The molecule has 2 aliphatic rings. The normalized spacial score (nSPS) is 35.4. The summed E-state index contributed by atoms with van der Waals surface area (Å²) in [5.74, 6) is 1.01. The molecule has 0 bridgehead atoms. The second-order valence-corrected chi connectivity index (χ2v) is 5.81. The van der Waals surface area contributed by atoms with Crippen LogP contribution in [0.2, 0.25) is 0 Å². The van der Waals surface area contributed by atoms with E-state index < -0.39 is 0 Å². The summed E-state index contributed by atoms with van der Waals surface area (Å²) in [6.07, 6.45) is 8.78. The molecule has 4 unspecified atom stereocenters. The molecule has 0 aromatic carbocycles. The molecule has 0 radical (unpaired) electrons. The smallest absolute Gasteiger partial charge is 0.0221 e. The van der Waals surface area contributed by atoms with Crippen LogP contribution in [-0.2, 0) is 0 Å². The van der Waals surface area contributed by atoms with Gasteiger partial charge in [-0.25, -0.2) is 0 Å². The third-order valence-electron chi connectivity index (χ3n) is 4.99. The number of likely N-dealkylation sites (tertiary alicyclic amines) is 1. The maximum Gasteiger partial charge on any atom is 0.0221 e. The lowest BCUT2D eigenvalue weighted by molar-refractivity contribution is 0.0217. The largest absolute Gasteiger partial charge is 0.316 e. The first-order chi connectivity index (χ1) is 7.74. The van der Waals surface area contributed by atoms with Crippen molar-refractivity contribution in [1.29, 1.82) is 0 Å². The first-order valence-corrected chi connectivity index (χ1v) is 7.17. The van der Waals surface area contributed by atoms with Crippen LogP contribution in [0.1, 0.15) is 52.4 Å². The van der Waals surface area contributed by atoms with Gasteiger partial charge in [-0.15, -0.1) is 0 Å². The highest BCUT2D eigenvalue weighted by atomic mass is 15.2. The van der Waals surface area contributed by atoms with Crippen molar-refractivity contribution in [3.63, 3.8) is 0 Å². The highest BCUT2D eigenvalue weighted by Crippen LogP contribution is 2.36. The van der Waals surface area contributed by atoms with Gasteiger partial charge in [-0.3, -0.25) is 4.90 Å². The topological polar surface area (TPSA) is 15.3 Å². The van der Waals surface area contributed by atoms with Crippen molar-refractivity contribution in [1.82, 2.24) is 10.2 Å². The van der Waals surface area contributed by atoms with Gasteiger partial charge in [0.15, 0.2) is 0 Å². The van der Waals surface area contributed by atoms with Gasteiger partial charge in [-0.05, 0) is 59.0 Å². The summed E-state index contributed by atoms with van der Waals surface area (Å²) in [5, 5.41) is 3.42. The number of piperidine rings is 1. The lowest BCUT2D eigenvalue weighted by atomic mass is 9.77. The molecule has 1 aliphatic heterocycles. The Morgan fingerprint density at radius 2 is 1.75 bits per heavy atom. The number of hydrogen-bond donors (Lipinski definition) is 1. The summed E-state index contributed by atoms with van der Waals surface area (Å²) in [4.78, 5) is 2.80. The Hall–Kier alpha value is -0.0800. The monoisotopic (exact) mass is 224 g/mol. The van der Waals surface area contributed by atoms with Crippen LogP contribution in [0.4, 0.5) is 0 Å². The maximum absolute atomic E-state index is 3.42. The minimum absolute atomic E-state index is 0.612. The molecule has 1 aliphatic carbocycles. The van der Waals surface area contributed by atoms with Crippen LogP contribution in [0.3, 0.4) is 0 Å². The van der Waals surface area contributed by atoms with E-state index in [0.717, 1.165) is 12.0 Å². The molecule has 2 heteroatoms. The predicted molar refractivity (Wildman–Crippen MR) is 69.7 cm³/mol. The second-order valence-electron chi connectivity index (χ2n) is 5.81. The Kier molecular flexibility index (Phi) is 4.26. The number of nitrogens with zero attached hydrogens (tertiary/aromatic N) is 1. The standard InChI is InChI=1S/C14H28N2/c1-11(15-3)12(2)16-10-6-8-13-7-4-5-9-14(13)16/h11-15H,4-10H2,1-3H3. The SMILES string of the molecule is CNC(C)C(C)N1CCCC2CCCCC21. The van der Waals surface area contributed by atoms with Crippen LogP contribution in [0, 0.1) is 5.92 Å². The molecule has 2 fully saturated rings. The third-order valence-corrected chi connectivity index (χ3v) is 4.99. The van der Waals surface area contributed by atoms with Gasteiger partial charge in [0.05, 0.1) is 0 Å². The van der Waals surface area contributed by atoms with E-state index in [1.165, 1.54) is 45.1 Å². The Morgan fingerprint density at radius 3 is 2.50 bits per heavy atom. The van der Waals surface area contributed by atoms with E-state index in [-0.39, 0.29) is 0 Å². The van der Waals surface area contributed by atoms with Gasteiger partial charge < -0.3 is 5.32 Å².